The maximum absolute atomic E-state index is 13.3. The van der Waals surface area contributed by atoms with Crippen LogP contribution in [-0.2, 0) is 20.4 Å². The van der Waals surface area contributed by atoms with Gasteiger partial charge in [0, 0.05) is 39.6 Å². The number of carbonyl (C=O) groups is 2. The molecule has 6 N–H and O–H groups in total. The van der Waals surface area contributed by atoms with Crippen molar-refractivity contribution in [1.82, 2.24) is 0 Å². The van der Waals surface area contributed by atoms with Crippen LogP contribution in [0, 0.1) is 55.4 Å². The van der Waals surface area contributed by atoms with Crippen LogP contribution in [0.15, 0.2) is 72.8 Å². The Kier molecular flexibility index (Phi) is 13.1. The molecule has 5 aromatic carbocycles. The number of aryl methyl sites for hydroxylation is 8. The molecule has 0 radical (unpaired) electrons. The smallest absolute Gasteiger partial charge is 0.262 e. The van der Waals surface area contributed by atoms with Crippen LogP contribution in [0.25, 0.3) is 0 Å². The number of ether oxygens (including phenoxy) is 2. The Bertz CT molecular complexity index is 2230. The van der Waals surface area contributed by atoms with Crippen LogP contribution in [-0.4, -0.2) is 25.0 Å². The standard InChI is InChI=1S/C54H66N4O4/c1-33-22-41(23-34(2)49(33)55)53(18-11-9-12-19-53)43-26-37(5)51(38(6)27-43)57-47(59)31-61-45-16-15-17-46(30-45)62-32-48(60)58-52-39(7)28-44(29-40(52)8)54(20-13-10-14-21-54)42-24-35(3)50(56)36(4)25-42/h15-17,22-30H,9-14,18-21,31-32,55-56H2,1-8H3,(H,57,59)(H,58,60). The fraction of sp³-hybridized carbons (Fsp3) is 0.407. The second-order valence-electron chi connectivity index (χ2n) is 18.5. The highest BCUT2D eigenvalue weighted by Gasteiger charge is 2.38. The molecule has 0 aliphatic heterocycles. The van der Waals surface area contributed by atoms with Gasteiger partial charge in [-0.25, -0.2) is 0 Å². The number of nitrogens with one attached hydrogen (secondary N) is 2. The number of rotatable bonds is 12. The Morgan fingerprint density at radius 3 is 1.06 bits per heavy atom. The van der Waals surface area contributed by atoms with Gasteiger partial charge in [-0.2, -0.15) is 0 Å². The molecule has 0 heterocycles. The lowest BCUT2D eigenvalue weighted by Crippen LogP contribution is -2.31. The number of amides is 2. The first-order valence-corrected chi connectivity index (χ1v) is 22.5. The number of hydrogen-bond acceptors (Lipinski definition) is 6. The molecule has 2 fully saturated rings. The molecule has 2 saturated carbocycles. The molecule has 0 spiro atoms. The van der Waals surface area contributed by atoms with Crippen molar-refractivity contribution in [3.8, 4) is 11.5 Å². The molecule has 2 amide bonds. The van der Waals surface area contributed by atoms with Gasteiger partial charge in [0.15, 0.2) is 13.2 Å². The minimum atomic E-state index is -0.253. The van der Waals surface area contributed by atoms with Gasteiger partial charge in [-0.15, -0.1) is 0 Å². The first-order chi connectivity index (χ1) is 29.6. The van der Waals surface area contributed by atoms with Crippen molar-refractivity contribution < 1.29 is 19.1 Å². The summed E-state index contributed by atoms with van der Waals surface area (Å²) in [5.74, 6) is 0.439. The Balaban J connectivity index is 0.971. The number of anilines is 4. The molecule has 5 aromatic rings. The monoisotopic (exact) mass is 835 g/mol. The summed E-state index contributed by atoms with van der Waals surface area (Å²) in [7, 11) is 0. The zero-order valence-corrected chi connectivity index (χ0v) is 38.2. The van der Waals surface area contributed by atoms with Gasteiger partial charge in [0.1, 0.15) is 11.5 Å². The van der Waals surface area contributed by atoms with Gasteiger partial charge in [-0.1, -0.05) is 93.1 Å². The highest BCUT2D eigenvalue weighted by atomic mass is 16.5. The molecule has 0 aromatic heterocycles. The van der Waals surface area contributed by atoms with Crippen LogP contribution >= 0.6 is 0 Å². The van der Waals surface area contributed by atoms with E-state index in [1.807, 2.05) is 0 Å². The van der Waals surface area contributed by atoms with E-state index in [0.717, 1.165) is 92.9 Å². The molecule has 326 valence electrons. The van der Waals surface area contributed by atoms with Crippen LogP contribution in [0.1, 0.15) is 131 Å². The van der Waals surface area contributed by atoms with E-state index in [2.05, 4.69) is 115 Å². The molecule has 0 unspecified atom stereocenters. The van der Waals surface area contributed by atoms with E-state index in [1.165, 1.54) is 60.8 Å². The van der Waals surface area contributed by atoms with Crippen molar-refractivity contribution in [2.45, 2.75) is 130 Å². The summed E-state index contributed by atoms with van der Waals surface area (Å²) >= 11 is 0. The zero-order chi connectivity index (χ0) is 44.3. The molecule has 0 bridgehead atoms. The minimum absolute atomic E-state index is 0.0874. The predicted molar refractivity (Wildman–Crippen MR) is 255 cm³/mol. The summed E-state index contributed by atoms with van der Waals surface area (Å²) in [5, 5.41) is 6.23. The second-order valence-corrected chi connectivity index (χ2v) is 18.5. The summed E-state index contributed by atoms with van der Waals surface area (Å²) in [6, 6.07) is 25.1. The first kappa shape index (κ1) is 44.3. The van der Waals surface area contributed by atoms with Gasteiger partial charge in [-0.05, 0) is 160 Å². The largest absolute Gasteiger partial charge is 0.484 e. The third kappa shape index (κ3) is 9.06. The summed E-state index contributed by atoms with van der Waals surface area (Å²) in [6.07, 6.45) is 11.5. The quantitative estimate of drug-likeness (QED) is 0.0927. The van der Waals surface area contributed by atoms with E-state index in [9.17, 15) is 9.59 Å². The van der Waals surface area contributed by atoms with E-state index in [1.54, 1.807) is 24.3 Å². The van der Waals surface area contributed by atoms with Gasteiger partial charge in [0.05, 0.1) is 0 Å². The summed E-state index contributed by atoms with van der Waals surface area (Å²) < 4.78 is 11.9. The van der Waals surface area contributed by atoms with E-state index in [-0.39, 0.29) is 35.9 Å². The van der Waals surface area contributed by atoms with Gasteiger partial charge >= 0.3 is 0 Å². The zero-order valence-electron chi connectivity index (χ0n) is 38.2. The fourth-order valence-corrected chi connectivity index (χ4v) is 10.5. The van der Waals surface area contributed by atoms with Gasteiger partial charge < -0.3 is 31.6 Å². The summed E-state index contributed by atoms with van der Waals surface area (Å²) in [5.41, 5.74) is 29.7. The molecule has 2 aliphatic rings. The summed E-state index contributed by atoms with van der Waals surface area (Å²) in [6.45, 7) is 16.3. The van der Waals surface area contributed by atoms with Gasteiger partial charge in [0.25, 0.3) is 11.8 Å². The average molecular weight is 835 g/mol. The van der Waals surface area contributed by atoms with E-state index in [0.29, 0.717) is 11.5 Å². The molecular formula is C54H66N4O4. The first-order valence-electron chi connectivity index (χ1n) is 22.5. The van der Waals surface area contributed by atoms with Crippen molar-refractivity contribution >= 4 is 34.6 Å². The van der Waals surface area contributed by atoms with Crippen molar-refractivity contribution in [1.29, 1.82) is 0 Å². The Morgan fingerprint density at radius 1 is 0.468 bits per heavy atom. The normalized spacial score (nSPS) is 15.7. The van der Waals surface area contributed by atoms with Crippen LogP contribution in [0.4, 0.5) is 22.7 Å². The molecule has 8 heteroatoms. The number of carbonyl (C=O) groups excluding carboxylic acids is 2. The Morgan fingerprint density at radius 2 is 0.758 bits per heavy atom. The molecule has 8 nitrogen and oxygen atoms in total. The number of nitrogens with two attached hydrogens (primary N) is 2. The lowest BCUT2D eigenvalue weighted by molar-refractivity contribution is -0.118. The topological polar surface area (TPSA) is 129 Å². The number of nitrogen functional groups attached to an aromatic ring is 2. The van der Waals surface area contributed by atoms with E-state index < -0.39 is 0 Å². The van der Waals surface area contributed by atoms with Crippen molar-refractivity contribution in [3.63, 3.8) is 0 Å². The SMILES string of the molecule is Cc1cc(C2(c3cc(C)c(NC(=O)COc4cccc(OCC(=O)Nc5c(C)cc(C6(c7cc(C)c(N)c(C)c7)CCCCC6)cc5C)c4)c(C)c3)CCCCC2)cc(C)c1N. The highest BCUT2D eigenvalue weighted by molar-refractivity contribution is 5.94. The molecular weight excluding hydrogens is 769 g/mol. The average Bonchev–Trinajstić information content (AvgIpc) is 3.25. The number of benzene rings is 5. The van der Waals surface area contributed by atoms with Crippen molar-refractivity contribution in [3.05, 3.63) is 140 Å². The highest BCUT2D eigenvalue weighted by Crippen LogP contribution is 2.49. The molecule has 0 atom stereocenters. The molecule has 7 rings (SSSR count). The second kappa shape index (κ2) is 18.3. The van der Waals surface area contributed by atoms with Crippen molar-refractivity contribution in [2.75, 3.05) is 35.3 Å². The summed E-state index contributed by atoms with van der Waals surface area (Å²) in [4.78, 5) is 26.6. The van der Waals surface area contributed by atoms with E-state index >= 15 is 0 Å². The van der Waals surface area contributed by atoms with Crippen molar-refractivity contribution in [2.24, 2.45) is 0 Å². The lowest BCUT2D eigenvalue weighted by Gasteiger charge is -2.40. The third-order valence-electron chi connectivity index (χ3n) is 14.0. The van der Waals surface area contributed by atoms with Gasteiger partial charge in [0.2, 0.25) is 0 Å². The maximum Gasteiger partial charge on any atom is 0.262 e. The molecule has 62 heavy (non-hydrogen) atoms. The Labute approximate surface area is 369 Å². The fourth-order valence-electron chi connectivity index (χ4n) is 10.5. The van der Waals surface area contributed by atoms with Crippen LogP contribution in [0.3, 0.4) is 0 Å². The third-order valence-corrected chi connectivity index (χ3v) is 14.0. The Hall–Kier alpha value is -5.76. The van der Waals surface area contributed by atoms with Crippen LogP contribution in [0.2, 0.25) is 0 Å². The molecule has 2 aliphatic carbocycles. The minimum Gasteiger partial charge on any atom is -0.484 e. The van der Waals surface area contributed by atoms with Gasteiger partial charge in [-0.3, -0.25) is 9.59 Å². The predicted octanol–water partition coefficient (Wildman–Crippen LogP) is 11.9. The maximum atomic E-state index is 13.3. The molecule has 0 saturated heterocycles. The van der Waals surface area contributed by atoms with E-state index in [4.69, 9.17) is 20.9 Å². The number of hydrogen-bond donors (Lipinski definition) is 4. The van der Waals surface area contributed by atoms with Crippen LogP contribution in [0.5, 0.6) is 11.5 Å². The lowest BCUT2D eigenvalue weighted by atomic mass is 9.64. The van der Waals surface area contributed by atoms with Crippen LogP contribution < -0.4 is 31.6 Å².